The fourth-order valence-electron chi connectivity index (χ4n) is 2.21. The zero-order valence-corrected chi connectivity index (χ0v) is 9.65. The number of fused-ring (bicyclic) bond motifs is 1. The van der Waals surface area contributed by atoms with Gasteiger partial charge in [-0.15, -0.1) is 0 Å². The molecule has 17 heavy (non-hydrogen) atoms. The molecule has 0 heterocycles. The van der Waals surface area contributed by atoms with Gasteiger partial charge < -0.3 is 5.73 Å². The summed E-state index contributed by atoms with van der Waals surface area (Å²) in [5, 5.41) is 2.34. The van der Waals surface area contributed by atoms with Crippen molar-refractivity contribution >= 4 is 16.6 Å². The molecule has 0 bridgehead atoms. The molecule has 1 aliphatic carbocycles. The number of Topliss-reactive ketones (excluding diaryl/α,β-unsaturated/α-hetero) is 1. The Hall–Kier alpha value is -1.67. The zero-order chi connectivity index (χ0) is 11.9. The standard InChI is InChI=1S/C15H15NO/c16-15(8-9-15)14(17)10-12-6-3-5-11-4-1-2-7-13(11)12/h1-7H,8-10,16H2. The van der Waals surface area contributed by atoms with Gasteiger partial charge in [0.05, 0.1) is 5.54 Å². The summed E-state index contributed by atoms with van der Waals surface area (Å²) in [4.78, 5) is 12.0. The van der Waals surface area contributed by atoms with Crippen LogP contribution >= 0.6 is 0 Å². The molecule has 1 saturated carbocycles. The molecule has 1 aliphatic rings. The number of benzene rings is 2. The molecule has 2 nitrogen and oxygen atoms in total. The van der Waals surface area contributed by atoms with Gasteiger partial charge in [-0.1, -0.05) is 42.5 Å². The lowest BCUT2D eigenvalue weighted by molar-refractivity contribution is -0.120. The van der Waals surface area contributed by atoms with Crippen molar-refractivity contribution in [1.82, 2.24) is 0 Å². The Morgan fingerprint density at radius 1 is 1.12 bits per heavy atom. The molecule has 3 rings (SSSR count). The second kappa shape index (κ2) is 3.67. The molecule has 0 amide bonds. The molecule has 2 aromatic rings. The lowest BCUT2D eigenvalue weighted by atomic mass is 9.97. The van der Waals surface area contributed by atoms with Gasteiger partial charge in [-0.3, -0.25) is 4.79 Å². The van der Waals surface area contributed by atoms with Gasteiger partial charge in [0.2, 0.25) is 0 Å². The Morgan fingerprint density at radius 2 is 1.82 bits per heavy atom. The molecule has 0 spiro atoms. The van der Waals surface area contributed by atoms with Crippen LogP contribution in [0.15, 0.2) is 42.5 Å². The van der Waals surface area contributed by atoms with Crippen molar-refractivity contribution in [3.05, 3.63) is 48.0 Å². The minimum absolute atomic E-state index is 0.175. The summed E-state index contributed by atoms with van der Waals surface area (Å²) in [6.45, 7) is 0. The number of rotatable bonds is 3. The van der Waals surface area contributed by atoms with E-state index < -0.39 is 5.54 Å². The van der Waals surface area contributed by atoms with Gasteiger partial charge >= 0.3 is 0 Å². The summed E-state index contributed by atoms with van der Waals surface area (Å²) in [7, 11) is 0. The molecule has 0 atom stereocenters. The lowest BCUT2D eigenvalue weighted by Gasteiger charge is -2.09. The topological polar surface area (TPSA) is 43.1 Å². The van der Waals surface area contributed by atoms with Gasteiger partial charge in [0.25, 0.3) is 0 Å². The molecule has 0 saturated heterocycles. The Bertz CT molecular complexity index is 579. The van der Waals surface area contributed by atoms with Gasteiger partial charge in [-0.25, -0.2) is 0 Å². The number of carbonyl (C=O) groups excluding carboxylic acids is 1. The molecule has 0 radical (unpaired) electrons. The van der Waals surface area contributed by atoms with E-state index in [1.54, 1.807) is 0 Å². The Kier molecular flexibility index (Phi) is 2.26. The SMILES string of the molecule is NC1(C(=O)Cc2cccc3ccccc23)CC1. The molecule has 1 fully saturated rings. The summed E-state index contributed by atoms with van der Waals surface area (Å²) in [5.41, 5.74) is 6.50. The summed E-state index contributed by atoms with van der Waals surface area (Å²) < 4.78 is 0. The Morgan fingerprint density at radius 3 is 2.59 bits per heavy atom. The van der Waals surface area contributed by atoms with Gasteiger partial charge in [-0.2, -0.15) is 0 Å². The highest BCUT2D eigenvalue weighted by molar-refractivity contribution is 5.96. The van der Waals surface area contributed by atoms with Gasteiger partial charge in [0, 0.05) is 6.42 Å². The summed E-state index contributed by atoms with van der Waals surface area (Å²) >= 11 is 0. The number of hydrogen-bond acceptors (Lipinski definition) is 2. The van der Waals surface area contributed by atoms with E-state index >= 15 is 0 Å². The summed E-state index contributed by atoms with van der Waals surface area (Å²) in [6, 6.07) is 14.2. The molecule has 2 aromatic carbocycles. The predicted octanol–water partition coefficient (Wildman–Crippen LogP) is 2.44. The smallest absolute Gasteiger partial charge is 0.157 e. The van der Waals surface area contributed by atoms with Crippen LogP contribution in [-0.4, -0.2) is 11.3 Å². The third-order valence-electron chi connectivity index (χ3n) is 3.57. The van der Waals surface area contributed by atoms with Crippen molar-refractivity contribution in [2.24, 2.45) is 5.73 Å². The number of nitrogens with two attached hydrogens (primary N) is 1. The molecule has 0 aliphatic heterocycles. The fraction of sp³-hybridized carbons (Fsp3) is 0.267. The van der Waals surface area contributed by atoms with Crippen LogP contribution in [0, 0.1) is 0 Å². The van der Waals surface area contributed by atoms with Crippen molar-refractivity contribution in [2.75, 3.05) is 0 Å². The normalized spacial score (nSPS) is 17.0. The third kappa shape index (κ3) is 1.85. The van der Waals surface area contributed by atoms with Crippen LogP contribution in [0.2, 0.25) is 0 Å². The fourth-order valence-corrected chi connectivity index (χ4v) is 2.21. The Labute approximate surface area is 100 Å². The van der Waals surface area contributed by atoms with E-state index in [4.69, 9.17) is 5.73 Å². The highest BCUT2D eigenvalue weighted by atomic mass is 16.1. The van der Waals surface area contributed by atoms with E-state index in [0.717, 1.165) is 23.8 Å². The van der Waals surface area contributed by atoms with Crippen LogP contribution in [0.5, 0.6) is 0 Å². The maximum absolute atomic E-state index is 12.0. The van der Waals surface area contributed by atoms with Crippen molar-refractivity contribution < 1.29 is 4.79 Å². The molecular formula is C15H15NO. The van der Waals surface area contributed by atoms with Crippen LogP contribution in [0.4, 0.5) is 0 Å². The van der Waals surface area contributed by atoms with Gasteiger partial charge in [0.15, 0.2) is 5.78 Å². The van der Waals surface area contributed by atoms with E-state index in [2.05, 4.69) is 18.2 Å². The molecule has 0 aromatic heterocycles. The van der Waals surface area contributed by atoms with E-state index in [-0.39, 0.29) is 5.78 Å². The zero-order valence-electron chi connectivity index (χ0n) is 9.65. The maximum atomic E-state index is 12.0. The lowest BCUT2D eigenvalue weighted by Crippen LogP contribution is -2.34. The van der Waals surface area contributed by atoms with E-state index in [9.17, 15) is 4.79 Å². The second-order valence-electron chi connectivity index (χ2n) is 4.89. The van der Waals surface area contributed by atoms with Crippen LogP contribution in [-0.2, 0) is 11.2 Å². The van der Waals surface area contributed by atoms with Crippen molar-refractivity contribution in [1.29, 1.82) is 0 Å². The number of hydrogen-bond donors (Lipinski definition) is 1. The second-order valence-corrected chi connectivity index (χ2v) is 4.89. The Balaban J connectivity index is 1.97. The average Bonchev–Trinajstić information content (AvgIpc) is 3.09. The van der Waals surface area contributed by atoms with Gasteiger partial charge in [-0.05, 0) is 29.2 Å². The van der Waals surface area contributed by atoms with Crippen molar-refractivity contribution in [3.8, 4) is 0 Å². The van der Waals surface area contributed by atoms with Crippen molar-refractivity contribution in [3.63, 3.8) is 0 Å². The first kappa shape index (κ1) is 10.5. The van der Waals surface area contributed by atoms with E-state index in [0.29, 0.717) is 6.42 Å². The molecule has 0 unspecified atom stereocenters. The highest BCUT2D eigenvalue weighted by Crippen LogP contribution is 2.34. The summed E-state index contributed by atoms with van der Waals surface area (Å²) in [5.74, 6) is 0.175. The van der Waals surface area contributed by atoms with Crippen LogP contribution in [0.25, 0.3) is 10.8 Å². The number of ketones is 1. The largest absolute Gasteiger partial charge is 0.319 e. The quantitative estimate of drug-likeness (QED) is 0.871. The highest BCUT2D eigenvalue weighted by Gasteiger charge is 2.45. The first-order valence-electron chi connectivity index (χ1n) is 5.98. The summed E-state index contributed by atoms with van der Waals surface area (Å²) in [6.07, 6.45) is 2.14. The minimum atomic E-state index is -0.517. The molecular weight excluding hydrogens is 210 g/mol. The molecule has 2 N–H and O–H groups in total. The van der Waals surface area contributed by atoms with Crippen LogP contribution in [0.3, 0.4) is 0 Å². The van der Waals surface area contributed by atoms with Crippen molar-refractivity contribution in [2.45, 2.75) is 24.8 Å². The first-order chi connectivity index (χ1) is 8.19. The van der Waals surface area contributed by atoms with Crippen LogP contribution in [0.1, 0.15) is 18.4 Å². The predicted molar refractivity (Wildman–Crippen MR) is 68.8 cm³/mol. The first-order valence-corrected chi connectivity index (χ1v) is 5.98. The monoisotopic (exact) mass is 225 g/mol. The van der Waals surface area contributed by atoms with Crippen LogP contribution < -0.4 is 5.73 Å². The van der Waals surface area contributed by atoms with E-state index in [1.807, 2.05) is 24.3 Å². The van der Waals surface area contributed by atoms with Gasteiger partial charge in [0.1, 0.15) is 0 Å². The third-order valence-corrected chi connectivity index (χ3v) is 3.57. The minimum Gasteiger partial charge on any atom is -0.319 e. The molecule has 2 heteroatoms. The number of carbonyl (C=O) groups is 1. The van der Waals surface area contributed by atoms with E-state index in [1.165, 1.54) is 5.39 Å². The average molecular weight is 225 g/mol. The molecule has 86 valence electrons. The maximum Gasteiger partial charge on any atom is 0.157 e.